The number of piperazine rings is 1. The fraction of sp³-hybridized carbons (Fsp3) is 0.192. The molecule has 1 saturated heterocycles. The lowest BCUT2D eigenvalue weighted by Gasteiger charge is -2.30. The molecule has 1 aliphatic rings. The molecule has 2 aromatic heterocycles. The van der Waals surface area contributed by atoms with Gasteiger partial charge in [-0.3, -0.25) is 4.79 Å². The Labute approximate surface area is 201 Å². The van der Waals surface area contributed by atoms with E-state index in [-0.39, 0.29) is 16.9 Å². The molecule has 1 fully saturated rings. The number of benzene rings is 2. The van der Waals surface area contributed by atoms with Crippen LogP contribution in [0.3, 0.4) is 0 Å². The maximum Gasteiger partial charge on any atom is 0.264 e. The third-order valence-corrected chi connectivity index (χ3v) is 6.47. The van der Waals surface area contributed by atoms with Crippen LogP contribution in [0.2, 0.25) is 5.02 Å². The van der Waals surface area contributed by atoms with Crippen molar-refractivity contribution >= 4 is 28.3 Å². The Morgan fingerprint density at radius 3 is 2.53 bits per heavy atom. The highest BCUT2D eigenvalue weighted by atomic mass is 35.5. The predicted octanol–water partition coefficient (Wildman–Crippen LogP) is 3.91. The highest BCUT2D eigenvalue weighted by molar-refractivity contribution is 6.30. The number of pyridine rings is 2. The van der Waals surface area contributed by atoms with E-state index in [4.69, 9.17) is 16.6 Å². The second-order valence-corrected chi connectivity index (χ2v) is 8.65. The zero-order valence-electron chi connectivity index (χ0n) is 18.5. The average Bonchev–Trinajstić information content (AvgIpc) is 2.88. The molecule has 0 aliphatic carbocycles. The third kappa shape index (κ3) is 3.67. The normalized spacial score (nSPS) is 13.7. The first-order valence-corrected chi connectivity index (χ1v) is 11.3. The molecular weight excluding hydrogens is 450 g/mol. The summed E-state index contributed by atoms with van der Waals surface area (Å²) in [6.45, 7) is 2.87. The van der Waals surface area contributed by atoms with Crippen molar-refractivity contribution in [1.29, 1.82) is 5.26 Å². The van der Waals surface area contributed by atoms with Crippen molar-refractivity contribution in [1.82, 2.24) is 14.9 Å². The first-order chi connectivity index (χ1) is 16.5. The maximum absolute atomic E-state index is 13.4. The topological polar surface area (TPSA) is 94.2 Å². The Morgan fingerprint density at radius 2 is 1.82 bits per heavy atom. The van der Waals surface area contributed by atoms with Gasteiger partial charge in [0.15, 0.2) is 0 Å². The van der Waals surface area contributed by atoms with Crippen molar-refractivity contribution < 1.29 is 5.11 Å². The van der Waals surface area contributed by atoms with Crippen LogP contribution < -0.4 is 15.8 Å². The summed E-state index contributed by atoms with van der Waals surface area (Å²) in [6.07, 6.45) is 0. The van der Waals surface area contributed by atoms with E-state index in [9.17, 15) is 15.2 Å². The number of aryl methyl sites for hydroxylation is 1. The van der Waals surface area contributed by atoms with Crippen LogP contribution in [0.25, 0.3) is 33.3 Å². The highest BCUT2D eigenvalue weighted by Crippen LogP contribution is 2.38. The Kier molecular flexibility index (Phi) is 5.70. The van der Waals surface area contributed by atoms with E-state index in [1.807, 2.05) is 29.2 Å². The monoisotopic (exact) mass is 471 g/mol. The van der Waals surface area contributed by atoms with E-state index in [0.29, 0.717) is 51.7 Å². The minimum absolute atomic E-state index is 0.109. The lowest BCUT2D eigenvalue weighted by molar-refractivity contribution is 0.481. The molecule has 3 heterocycles. The summed E-state index contributed by atoms with van der Waals surface area (Å²) in [5, 5.41) is 25.8. The first-order valence-electron chi connectivity index (χ1n) is 11.0. The number of nitriles is 1. The Hall–Kier alpha value is -3.86. The highest BCUT2D eigenvalue weighted by Gasteiger charge is 2.24. The molecular formula is C26H22ClN5O2. The van der Waals surface area contributed by atoms with Gasteiger partial charge in [-0.1, -0.05) is 35.9 Å². The van der Waals surface area contributed by atoms with E-state index in [2.05, 4.69) is 11.4 Å². The molecule has 170 valence electrons. The van der Waals surface area contributed by atoms with Gasteiger partial charge in [0.25, 0.3) is 5.56 Å². The number of hydrogen-bond acceptors (Lipinski definition) is 6. The molecule has 0 amide bonds. The Morgan fingerprint density at radius 1 is 1.12 bits per heavy atom. The summed E-state index contributed by atoms with van der Waals surface area (Å²) in [5.74, 6) is 0.380. The molecule has 0 unspecified atom stereocenters. The van der Waals surface area contributed by atoms with Crippen LogP contribution in [0.5, 0.6) is 5.75 Å². The number of hydrogen-bond donors (Lipinski definition) is 2. The lowest BCUT2D eigenvalue weighted by atomic mass is 9.97. The molecule has 2 aromatic carbocycles. The summed E-state index contributed by atoms with van der Waals surface area (Å²) in [6, 6.07) is 18.4. The number of anilines is 1. The first kappa shape index (κ1) is 22.0. The number of para-hydroxylation sites is 1. The van der Waals surface area contributed by atoms with E-state index >= 15 is 0 Å². The van der Waals surface area contributed by atoms with Gasteiger partial charge in [-0.2, -0.15) is 5.26 Å². The molecule has 0 radical (unpaired) electrons. The minimum Gasteiger partial charge on any atom is -0.506 e. The minimum atomic E-state index is -0.360. The number of aromatic hydroxyl groups is 1. The average molecular weight is 472 g/mol. The molecule has 0 bridgehead atoms. The van der Waals surface area contributed by atoms with Crippen molar-refractivity contribution in [2.24, 2.45) is 7.05 Å². The van der Waals surface area contributed by atoms with Gasteiger partial charge in [-0.15, -0.1) is 0 Å². The van der Waals surface area contributed by atoms with E-state index in [1.165, 1.54) is 4.57 Å². The van der Waals surface area contributed by atoms with E-state index in [0.717, 1.165) is 18.7 Å². The lowest BCUT2D eigenvalue weighted by Crippen LogP contribution is -2.44. The molecule has 0 spiro atoms. The molecule has 0 atom stereocenters. The van der Waals surface area contributed by atoms with Gasteiger partial charge in [-0.25, -0.2) is 4.98 Å². The van der Waals surface area contributed by atoms with Crippen LogP contribution in [0.1, 0.15) is 5.56 Å². The molecule has 2 N–H and O–H groups in total. The van der Waals surface area contributed by atoms with Crippen LogP contribution in [0.15, 0.2) is 59.4 Å². The molecule has 0 saturated carbocycles. The molecule has 5 rings (SSSR count). The second kappa shape index (κ2) is 8.82. The van der Waals surface area contributed by atoms with Gasteiger partial charge < -0.3 is 19.9 Å². The maximum atomic E-state index is 13.4. The Bertz CT molecular complexity index is 1500. The van der Waals surface area contributed by atoms with Crippen molar-refractivity contribution in [3.63, 3.8) is 0 Å². The molecule has 1 aliphatic heterocycles. The summed E-state index contributed by atoms with van der Waals surface area (Å²) in [7, 11) is 1.68. The summed E-state index contributed by atoms with van der Waals surface area (Å²) in [4.78, 5) is 20.2. The fourth-order valence-electron chi connectivity index (χ4n) is 4.44. The van der Waals surface area contributed by atoms with Crippen molar-refractivity contribution in [3.8, 4) is 34.2 Å². The summed E-state index contributed by atoms with van der Waals surface area (Å²) >= 11 is 6.10. The number of nitrogens with one attached hydrogen (secondary N) is 1. The van der Waals surface area contributed by atoms with Crippen LogP contribution >= 0.6 is 11.6 Å². The number of halogens is 1. The van der Waals surface area contributed by atoms with Crippen LogP contribution in [0, 0.1) is 11.3 Å². The zero-order valence-corrected chi connectivity index (χ0v) is 19.3. The summed E-state index contributed by atoms with van der Waals surface area (Å²) in [5.41, 5.74) is 2.53. The zero-order chi connectivity index (χ0) is 23.8. The molecule has 8 heteroatoms. The van der Waals surface area contributed by atoms with Gasteiger partial charge in [-0.05, 0) is 35.9 Å². The van der Waals surface area contributed by atoms with Gasteiger partial charge >= 0.3 is 0 Å². The molecule has 4 aromatic rings. The van der Waals surface area contributed by atoms with Crippen LogP contribution in [-0.2, 0) is 7.05 Å². The van der Waals surface area contributed by atoms with Gasteiger partial charge in [0, 0.05) is 49.2 Å². The largest absolute Gasteiger partial charge is 0.506 e. The second-order valence-electron chi connectivity index (χ2n) is 8.21. The third-order valence-electron chi connectivity index (χ3n) is 6.22. The van der Waals surface area contributed by atoms with Crippen LogP contribution in [0.4, 0.5) is 5.82 Å². The smallest absolute Gasteiger partial charge is 0.264 e. The van der Waals surface area contributed by atoms with Gasteiger partial charge in [0.05, 0.1) is 11.2 Å². The number of fused-ring (bicyclic) bond motifs is 1. The van der Waals surface area contributed by atoms with E-state index in [1.54, 1.807) is 37.4 Å². The van der Waals surface area contributed by atoms with Crippen molar-refractivity contribution in [3.05, 3.63) is 75.5 Å². The van der Waals surface area contributed by atoms with Crippen molar-refractivity contribution in [2.75, 3.05) is 31.1 Å². The predicted molar refractivity (Wildman–Crippen MR) is 134 cm³/mol. The molecule has 7 nitrogen and oxygen atoms in total. The van der Waals surface area contributed by atoms with Gasteiger partial charge in [0.1, 0.15) is 28.8 Å². The van der Waals surface area contributed by atoms with Crippen molar-refractivity contribution in [2.45, 2.75) is 0 Å². The number of nitrogens with zero attached hydrogens (tertiary/aromatic N) is 4. The van der Waals surface area contributed by atoms with E-state index < -0.39 is 0 Å². The standard InChI is InChI=1S/C26H22ClN5O2/c1-31-22-5-3-2-4-18(22)24(33)23(26(31)34)21-14-19(16-6-8-17(27)9-7-16)20(15-28)25(30-21)32-12-10-29-11-13-32/h2-9,14,29,33H,10-13H2,1H3. The van der Waals surface area contributed by atoms with Crippen LogP contribution in [-0.4, -0.2) is 40.8 Å². The Balaban J connectivity index is 1.84. The fourth-order valence-corrected chi connectivity index (χ4v) is 4.57. The number of rotatable bonds is 3. The van der Waals surface area contributed by atoms with Gasteiger partial charge in [0.2, 0.25) is 0 Å². The number of aromatic nitrogens is 2. The SMILES string of the molecule is Cn1c(=O)c(-c2cc(-c3ccc(Cl)cc3)c(C#N)c(N3CCNCC3)n2)c(O)c2ccccc21. The molecule has 34 heavy (non-hydrogen) atoms. The quantitative estimate of drug-likeness (QED) is 0.470. The summed E-state index contributed by atoms with van der Waals surface area (Å²) < 4.78 is 1.51.